The molecule has 1 aromatic rings. The van der Waals surface area contributed by atoms with E-state index in [1.165, 1.54) is 17.5 Å². The number of amides is 1. The Hall–Kier alpha value is -1.68. The van der Waals surface area contributed by atoms with Crippen LogP contribution >= 0.6 is 0 Å². The number of Topliss-reactive ketones (excluding diaryl/α,β-unsaturated/α-hetero) is 1. The van der Waals surface area contributed by atoms with Gasteiger partial charge in [-0.15, -0.1) is 0 Å². The molecule has 5 unspecified atom stereocenters. The average molecular weight is 507 g/mol. The van der Waals surface area contributed by atoms with Gasteiger partial charge in [0.25, 0.3) is 0 Å². The van der Waals surface area contributed by atoms with E-state index in [-0.39, 0.29) is 33.5 Å². The van der Waals surface area contributed by atoms with Gasteiger partial charge in [0.05, 0.1) is 0 Å². The molecule has 1 saturated heterocycles. The van der Waals surface area contributed by atoms with Gasteiger partial charge < -0.3 is 10.6 Å². The summed E-state index contributed by atoms with van der Waals surface area (Å²) in [5.41, 5.74) is 3.71. The first-order valence-corrected chi connectivity index (χ1v) is 14.9. The number of rotatable bonds is 2. The molecule has 4 aliphatic rings. The highest BCUT2D eigenvalue weighted by atomic mass is 16.2. The molecule has 1 heterocycles. The van der Waals surface area contributed by atoms with Crippen LogP contribution in [-0.2, 0) is 20.4 Å². The van der Waals surface area contributed by atoms with E-state index >= 15 is 0 Å². The Morgan fingerprint density at radius 3 is 2.32 bits per heavy atom. The summed E-state index contributed by atoms with van der Waals surface area (Å²) in [6.45, 7) is 19.3. The van der Waals surface area contributed by atoms with E-state index in [1.807, 2.05) is 0 Å². The van der Waals surface area contributed by atoms with Gasteiger partial charge in [0.1, 0.15) is 5.78 Å². The Kier molecular flexibility index (Phi) is 6.49. The molecule has 1 aromatic carbocycles. The molecule has 3 aliphatic carbocycles. The Morgan fingerprint density at radius 2 is 1.65 bits per heavy atom. The second kappa shape index (κ2) is 8.93. The summed E-state index contributed by atoms with van der Waals surface area (Å²) >= 11 is 0. The number of hydrogen-bond acceptors (Lipinski definition) is 3. The van der Waals surface area contributed by atoms with Crippen LogP contribution in [0.2, 0.25) is 0 Å². The van der Waals surface area contributed by atoms with Gasteiger partial charge in [-0.25, -0.2) is 0 Å². The second-order valence-corrected chi connectivity index (χ2v) is 15.5. The summed E-state index contributed by atoms with van der Waals surface area (Å²) in [5.74, 6) is 2.56. The van der Waals surface area contributed by atoms with E-state index in [9.17, 15) is 9.59 Å². The molecule has 0 radical (unpaired) electrons. The minimum Gasteiger partial charge on any atom is -0.326 e. The molecule has 1 aliphatic heterocycles. The molecule has 1 amide bonds. The lowest BCUT2D eigenvalue weighted by Crippen LogP contribution is -2.63. The Bertz CT molecular complexity index is 1080. The first-order chi connectivity index (χ1) is 17.1. The predicted molar refractivity (Wildman–Crippen MR) is 152 cm³/mol. The van der Waals surface area contributed by atoms with Crippen molar-refractivity contribution in [2.75, 3.05) is 11.9 Å². The minimum absolute atomic E-state index is 0.0321. The van der Waals surface area contributed by atoms with Crippen molar-refractivity contribution in [1.82, 2.24) is 5.32 Å². The van der Waals surface area contributed by atoms with E-state index in [1.54, 1.807) is 0 Å². The van der Waals surface area contributed by atoms with Gasteiger partial charge >= 0.3 is 0 Å². The molecule has 0 bridgehead atoms. The van der Waals surface area contributed by atoms with Gasteiger partial charge in [0.2, 0.25) is 5.91 Å². The van der Waals surface area contributed by atoms with Gasteiger partial charge in [0.15, 0.2) is 0 Å². The quantitative estimate of drug-likeness (QED) is 0.454. The summed E-state index contributed by atoms with van der Waals surface area (Å²) in [5, 5.41) is 7.30. The zero-order valence-electron chi connectivity index (χ0n) is 24.6. The number of benzene rings is 1. The first-order valence-electron chi connectivity index (χ1n) is 14.9. The zero-order chi connectivity index (χ0) is 27.0. The molecule has 204 valence electrons. The van der Waals surface area contributed by atoms with Crippen molar-refractivity contribution in [3.05, 3.63) is 29.3 Å². The molecule has 4 heteroatoms. The van der Waals surface area contributed by atoms with Crippen LogP contribution in [0, 0.1) is 34.5 Å². The topological polar surface area (TPSA) is 58.2 Å². The largest absolute Gasteiger partial charge is 0.326 e. The molecule has 0 spiro atoms. The monoisotopic (exact) mass is 506 g/mol. The lowest BCUT2D eigenvalue weighted by molar-refractivity contribution is -0.136. The predicted octanol–water partition coefficient (Wildman–Crippen LogP) is 7.01. The number of carbonyl (C=O) groups is 2. The summed E-state index contributed by atoms with van der Waals surface area (Å²) in [6, 6.07) is 7.01. The Balaban J connectivity index is 1.39. The molecular formula is C33H50N2O2. The van der Waals surface area contributed by atoms with Crippen LogP contribution in [0.3, 0.4) is 0 Å². The highest BCUT2D eigenvalue weighted by Crippen LogP contribution is 2.64. The van der Waals surface area contributed by atoms with E-state index in [4.69, 9.17) is 0 Å². The van der Waals surface area contributed by atoms with Gasteiger partial charge in [0, 0.05) is 30.5 Å². The van der Waals surface area contributed by atoms with Gasteiger partial charge in [-0.1, -0.05) is 67.5 Å². The lowest BCUT2D eigenvalue weighted by Gasteiger charge is -2.60. The van der Waals surface area contributed by atoms with Crippen molar-refractivity contribution in [3.8, 4) is 0 Å². The molecular weight excluding hydrogens is 456 g/mol. The highest BCUT2D eigenvalue weighted by Gasteiger charge is 2.61. The van der Waals surface area contributed by atoms with Gasteiger partial charge in [-0.05, 0) is 95.3 Å². The molecule has 37 heavy (non-hydrogen) atoms. The van der Waals surface area contributed by atoms with E-state index in [0.717, 1.165) is 44.3 Å². The van der Waals surface area contributed by atoms with Crippen LogP contribution in [0.15, 0.2) is 18.2 Å². The third-order valence-electron chi connectivity index (χ3n) is 11.3. The SMILES string of the molecule is CC(C)(C)c1ccc(C(C)(C)C)c(NC(=O)C2CCC3C4CNC5CC(=O)CC[C@]5(C)C4CC[C@]23C)c1. The summed E-state index contributed by atoms with van der Waals surface area (Å²) < 4.78 is 0. The van der Waals surface area contributed by atoms with Crippen molar-refractivity contribution >= 4 is 17.4 Å². The lowest BCUT2D eigenvalue weighted by atomic mass is 9.48. The zero-order valence-corrected chi connectivity index (χ0v) is 24.6. The van der Waals surface area contributed by atoms with Crippen LogP contribution in [0.4, 0.5) is 5.69 Å². The maximum absolute atomic E-state index is 14.0. The minimum atomic E-state index is -0.0413. The maximum atomic E-state index is 14.0. The number of hydrogen-bond donors (Lipinski definition) is 2. The molecule has 4 nitrogen and oxygen atoms in total. The fourth-order valence-corrected chi connectivity index (χ4v) is 8.98. The number of fused-ring (bicyclic) bond motifs is 5. The normalized spacial score (nSPS) is 37.9. The Morgan fingerprint density at radius 1 is 0.946 bits per heavy atom. The van der Waals surface area contributed by atoms with Gasteiger partial charge in [-0.3, -0.25) is 9.59 Å². The average Bonchev–Trinajstić information content (AvgIpc) is 3.15. The van der Waals surface area contributed by atoms with Crippen molar-refractivity contribution < 1.29 is 9.59 Å². The van der Waals surface area contributed by atoms with Crippen LogP contribution in [0.25, 0.3) is 0 Å². The van der Waals surface area contributed by atoms with E-state index < -0.39 is 0 Å². The Labute approximate surface area is 225 Å². The molecule has 4 fully saturated rings. The van der Waals surface area contributed by atoms with Crippen LogP contribution in [-0.4, -0.2) is 24.3 Å². The van der Waals surface area contributed by atoms with Crippen molar-refractivity contribution in [3.63, 3.8) is 0 Å². The van der Waals surface area contributed by atoms with Gasteiger partial charge in [-0.2, -0.15) is 0 Å². The van der Waals surface area contributed by atoms with Crippen molar-refractivity contribution in [1.29, 1.82) is 0 Å². The smallest absolute Gasteiger partial charge is 0.228 e. The van der Waals surface area contributed by atoms with Crippen LogP contribution < -0.4 is 10.6 Å². The second-order valence-electron chi connectivity index (χ2n) is 15.5. The summed E-state index contributed by atoms with van der Waals surface area (Å²) in [7, 11) is 0. The molecule has 3 saturated carbocycles. The van der Waals surface area contributed by atoms with Crippen molar-refractivity contribution in [2.45, 2.75) is 117 Å². The number of piperidine rings is 1. The highest BCUT2D eigenvalue weighted by molar-refractivity contribution is 5.94. The van der Waals surface area contributed by atoms with E-state index in [0.29, 0.717) is 36.0 Å². The fourth-order valence-electron chi connectivity index (χ4n) is 8.98. The number of anilines is 1. The number of carbonyl (C=O) groups excluding carboxylic acids is 2. The standard InChI is InChI=1S/C33H50N2O2/c1-30(2,3)20-9-10-25(31(4,5)6)27(17-20)35-29(37)26-12-11-23-22-19-34-28-18-21(36)13-15-33(28,8)24(22)14-16-32(23,26)7/h9-10,17,22-24,26,28,34H,11-16,18-19H2,1-8H3,(H,35,37)/t22?,23?,24?,26?,28?,32-,33+/m0/s1. The third-order valence-corrected chi connectivity index (χ3v) is 11.3. The number of ketones is 1. The molecule has 7 atom stereocenters. The first kappa shape index (κ1) is 26.9. The van der Waals surface area contributed by atoms with Crippen molar-refractivity contribution in [2.24, 2.45) is 34.5 Å². The third kappa shape index (κ3) is 4.49. The molecule has 2 N–H and O–H groups in total. The molecule has 5 rings (SSSR count). The number of nitrogens with one attached hydrogen (secondary N) is 2. The van der Waals surface area contributed by atoms with E-state index in [2.05, 4.69) is 84.2 Å². The fraction of sp³-hybridized carbons (Fsp3) is 0.758. The summed E-state index contributed by atoms with van der Waals surface area (Å²) in [4.78, 5) is 26.2. The summed E-state index contributed by atoms with van der Waals surface area (Å²) in [6.07, 6.45) is 6.92. The van der Waals surface area contributed by atoms with Crippen LogP contribution in [0.1, 0.15) is 111 Å². The van der Waals surface area contributed by atoms with Crippen LogP contribution in [0.5, 0.6) is 0 Å². The maximum Gasteiger partial charge on any atom is 0.228 e. The molecule has 0 aromatic heterocycles.